The molecule has 1 unspecified atom stereocenters. The van der Waals surface area contributed by atoms with E-state index in [1.807, 2.05) is 49.4 Å². The average molecular weight is 291 g/mol. The molecule has 0 aliphatic heterocycles. The van der Waals surface area contributed by atoms with Gasteiger partial charge in [0.25, 0.3) is 0 Å². The van der Waals surface area contributed by atoms with Crippen LogP contribution in [0.1, 0.15) is 18.1 Å². The van der Waals surface area contributed by atoms with E-state index in [9.17, 15) is 4.79 Å². The minimum atomic E-state index is -0.999. The van der Waals surface area contributed by atoms with Crippen molar-refractivity contribution in [2.45, 2.75) is 12.5 Å². The van der Waals surface area contributed by atoms with Crippen LogP contribution in [0.5, 0.6) is 0 Å². The monoisotopic (exact) mass is 290 g/mol. The highest BCUT2D eigenvalue weighted by molar-refractivity contribution is 6.30. The fraction of sp³-hybridized carbons (Fsp3) is 0.188. The average Bonchev–Trinajstić information content (AvgIpc) is 2.46. The minimum absolute atomic E-state index is 0.367. The highest BCUT2D eigenvalue weighted by Gasteiger charge is 2.30. The lowest BCUT2D eigenvalue weighted by Gasteiger charge is -2.30. The van der Waals surface area contributed by atoms with Gasteiger partial charge in [-0.05, 0) is 30.2 Å². The second-order valence-electron chi connectivity index (χ2n) is 4.59. The molecule has 0 aliphatic rings. The molecule has 0 saturated carbocycles. The number of aliphatic carboxylic acids is 1. The van der Waals surface area contributed by atoms with Crippen molar-refractivity contribution >= 4 is 17.6 Å². The molecule has 2 rings (SSSR count). The number of hydrogen-bond acceptors (Lipinski definition) is 2. The summed E-state index contributed by atoms with van der Waals surface area (Å²) in [7, 11) is 0. The van der Waals surface area contributed by atoms with Gasteiger partial charge in [-0.25, -0.2) is 4.79 Å². The van der Waals surface area contributed by atoms with Gasteiger partial charge in [0.1, 0.15) is 12.2 Å². The lowest BCUT2D eigenvalue weighted by atomic mass is 9.88. The standard InChI is InChI=1S/C16H15ClO3/c1-16(20-11-15(18)19,12-5-3-2-4-6-12)13-7-9-14(17)10-8-13/h2-10H,11H2,1H3,(H,18,19). The van der Waals surface area contributed by atoms with E-state index in [2.05, 4.69) is 0 Å². The van der Waals surface area contributed by atoms with Gasteiger partial charge in [0.05, 0.1) is 0 Å². The van der Waals surface area contributed by atoms with E-state index in [4.69, 9.17) is 21.4 Å². The van der Waals surface area contributed by atoms with Crippen LogP contribution in [0.3, 0.4) is 0 Å². The summed E-state index contributed by atoms with van der Waals surface area (Å²) in [5.74, 6) is -0.999. The largest absolute Gasteiger partial charge is 0.480 e. The van der Waals surface area contributed by atoms with Crippen LogP contribution in [-0.2, 0) is 15.1 Å². The maximum absolute atomic E-state index is 10.8. The van der Waals surface area contributed by atoms with Gasteiger partial charge < -0.3 is 9.84 Å². The summed E-state index contributed by atoms with van der Waals surface area (Å²) in [4.78, 5) is 10.8. The van der Waals surface area contributed by atoms with Gasteiger partial charge >= 0.3 is 5.97 Å². The Kier molecular flexibility index (Phi) is 4.42. The molecule has 20 heavy (non-hydrogen) atoms. The van der Waals surface area contributed by atoms with Gasteiger partial charge in [-0.3, -0.25) is 0 Å². The summed E-state index contributed by atoms with van der Waals surface area (Å²) in [6, 6.07) is 16.7. The van der Waals surface area contributed by atoms with Crippen LogP contribution in [0.25, 0.3) is 0 Å². The first kappa shape index (κ1) is 14.6. The molecule has 0 bridgehead atoms. The van der Waals surface area contributed by atoms with Gasteiger partial charge in [-0.15, -0.1) is 0 Å². The van der Waals surface area contributed by atoms with E-state index in [1.54, 1.807) is 12.1 Å². The van der Waals surface area contributed by atoms with Crippen LogP contribution < -0.4 is 0 Å². The molecule has 1 atom stereocenters. The van der Waals surface area contributed by atoms with Gasteiger partial charge in [-0.1, -0.05) is 54.1 Å². The topological polar surface area (TPSA) is 46.5 Å². The Bertz CT molecular complexity index is 580. The normalized spacial score (nSPS) is 13.7. The minimum Gasteiger partial charge on any atom is -0.480 e. The summed E-state index contributed by atoms with van der Waals surface area (Å²) in [6.45, 7) is 1.49. The third-order valence-corrected chi connectivity index (χ3v) is 3.46. The molecule has 3 nitrogen and oxygen atoms in total. The molecule has 0 radical (unpaired) electrons. The Morgan fingerprint density at radius 1 is 1.10 bits per heavy atom. The molecule has 2 aromatic rings. The van der Waals surface area contributed by atoms with Crippen LogP contribution >= 0.6 is 11.6 Å². The molecule has 0 spiro atoms. The number of carboxylic acid groups (broad SMARTS) is 1. The van der Waals surface area contributed by atoms with E-state index in [-0.39, 0.29) is 6.61 Å². The summed E-state index contributed by atoms with van der Waals surface area (Å²) in [5, 5.41) is 9.50. The summed E-state index contributed by atoms with van der Waals surface area (Å²) < 4.78 is 5.66. The Balaban J connectivity index is 2.43. The van der Waals surface area contributed by atoms with Gasteiger partial charge in [0.15, 0.2) is 0 Å². The van der Waals surface area contributed by atoms with Crippen molar-refractivity contribution in [2.24, 2.45) is 0 Å². The Morgan fingerprint density at radius 2 is 1.65 bits per heavy atom. The van der Waals surface area contributed by atoms with E-state index in [0.29, 0.717) is 5.02 Å². The van der Waals surface area contributed by atoms with E-state index >= 15 is 0 Å². The number of ether oxygens (including phenoxy) is 1. The van der Waals surface area contributed by atoms with Crippen molar-refractivity contribution in [1.29, 1.82) is 0 Å². The molecule has 0 aliphatic carbocycles. The number of hydrogen-bond donors (Lipinski definition) is 1. The second kappa shape index (κ2) is 6.07. The lowest BCUT2D eigenvalue weighted by molar-refractivity contribution is -0.147. The molecule has 1 N–H and O–H groups in total. The lowest BCUT2D eigenvalue weighted by Crippen LogP contribution is -2.30. The van der Waals surface area contributed by atoms with Crippen LogP contribution in [-0.4, -0.2) is 17.7 Å². The zero-order chi connectivity index (χ0) is 14.6. The molecule has 0 fully saturated rings. The zero-order valence-corrected chi connectivity index (χ0v) is 11.8. The summed E-state index contributed by atoms with van der Waals surface area (Å²) in [5.41, 5.74) is 0.919. The van der Waals surface area contributed by atoms with Crippen molar-refractivity contribution in [3.63, 3.8) is 0 Å². The highest BCUT2D eigenvalue weighted by Crippen LogP contribution is 2.33. The quantitative estimate of drug-likeness (QED) is 0.913. The van der Waals surface area contributed by atoms with E-state index < -0.39 is 11.6 Å². The van der Waals surface area contributed by atoms with Crippen molar-refractivity contribution in [1.82, 2.24) is 0 Å². The number of halogens is 1. The second-order valence-corrected chi connectivity index (χ2v) is 5.03. The highest BCUT2D eigenvalue weighted by atomic mass is 35.5. The molecule has 104 valence electrons. The maximum Gasteiger partial charge on any atom is 0.329 e. The van der Waals surface area contributed by atoms with Crippen LogP contribution in [0.15, 0.2) is 54.6 Å². The molecule has 0 aromatic heterocycles. The number of carbonyl (C=O) groups is 1. The van der Waals surface area contributed by atoms with Crippen LogP contribution in [0, 0.1) is 0 Å². The first-order valence-electron chi connectivity index (χ1n) is 6.20. The van der Waals surface area contributed by atoms with Crippen LogP contribution in [0.4, 0.5) is 0 Å². The molecular formula is C16H15ClO3. The number of carboxylic acids is 1. The van der Waals surface area contributed by atoms with Crippen molar-refractivity contribution in [3.05, 3.63) is 70.7 Å². The molecule has 0 saturated heterocycles. The molecular weight excluding hydrogens is 276 g/mol. The molecule has 0 amide bonds. The number of rotatable bonds is 5. The van der Waals surface area contributed by atoms with Crippen molar-refractivity contribution in [3.8, 4) is 0 Å². The van der Waals surface area contributed by atoms with E-state index in [0.717, 1.165) is 11.1 Å². The van der Waals surface area contributed by atoms with Crippen molar-refractivity contribution < 1.29 is 14.6 Å². The van der Waals surface area contributed by atoms with Crippen LogP contribution in [0.2, 0.25) is 5.02 Å². The van der Waals surface area contributed by atoms with E-state index in [1.165, 1.54) is 0 Å². The smallest absolute Gasteiger partial charge is 0.329 e. The molecule has 0 heterocycles. The van der Waals surface area contributed by atoms with Gasteiger partial charge in [0.2, 0.25) is 0 Å². The predicted octanol–water partition coefficient (Wildman–Crippen LogP) is 3.70. The Morgan fingerprint density at radius 3 is 2.20 bits per heavy atom. The third kappa shape index (κ3) is 3.18. The zero-order valence-electron chi connectivity index (χ0n) is 11.0. The fourth-order valence-corrected chi connectivity index (χ4v) is 2.19. The third-order valence-electron chi connectivity index (χ3n) is 3.20. The maximum atomic E-state index is 10.8. The first-order valence-corrected chi connectivity index (χ1v) is 6.57. The summed E-state index contributed by atoms with van der Waals surface area (Å²) in [6.07, 6.45) is 0. The first-order chi connectivity index (χ1) is 9.52. The van der Waals surface area contributed by atoms with Gasteiger partial charge in [-0.2, -0.15) is 0 Å². The van der Waals surface area contributed by atoms with Crippen molar-refractivity contribution in [2.75, 3.05) is 6.61 Å². The number of benzene rings is 2. The predicted molar refractivity (Wildman–Crippen MR) is 77.9 cm³/mol. The SMILES string of the molecule is CC(OCC(=O)O)(c1ccccc1)c1ccc(Cl)cc1. The Hall–Kier alpha value is -1.84. The van der Waals surface area contributed by atoms with Gasteiger partial charge in [0, 0.05) is 5.02 Å². The Labute approximate surface area is 122 Å². The fourth-order valence-electron chi connectivity index (χ4n) is 2.06. The molecule has 4 heteroatoms. The molecule has 2 aromatic carbocycles. The summed E-state index contributed by atoms with van der Waals surface area (Å²) >= 11 is 5.90.